The van der Waals surface area contributed by atoms with Gasteiger partial charge in [0.15, 0.2) is 0 Å². The number of carbonyl (C=O) groups is 1. The summed E-state index contributed by atoms with van der Waals surface area (Å²) in [6, 6.07) is -0.812. The van der Waals surface area contributed by atoms with Crippen LogP contribution in [0.5, 0.6) is 0 Å². The second-order valence-electron chi connectivity index (χ2n) is 4.12. The van der Waals surface area contributed by atoms with E-state index in [-0.39, 0.29) is 6.54 Å². The van der Waals surface area contributed by atoms with Gasteiger partial charge >= 0.3 is 5.97 Å². The average Bonchev–Trinajstić information content (AvgIpc) is 2.10. The fourth-order valence-electron chi connectivity index (χ4n) is 0.839. The molecule has 0 saturated carbocycles. The van der Waals surface area contributed by atoms with Gasteiger partial charge in [0.2, 0.25) is 6.41 Å². The molecule has 0 aromatic rings. The van der Waals surface area contributed by atoms with Gasteiger partial charge in [-0.2, -0.15) is 0 Å². The Hall–Kier alpha value is -0.690. The highest BCUT2D eigenvalue weighted by molar-refractivity contribution is 5.75. The van der Waals surface area contributed by atoms with Gasteiger partial charge in [-0.05, 0) is 20.8 Å². The molecule has 0 aliphatic carbocycles. The van der Waals surface area contributed by atoms with E-state index in [1.807, 2.05) is 0 Å². The van der Waals surface area contributed by atoms with Crippen LogP contribution >= 0.6 is 0 Å². The van der Waals surface area contributed by atoms with E-state index in [1.165, 1.54) is 7.11 Å². The lowest BCUT2D eigenvalue weighted by atomic mass is 10.2. The van der Waals surface area contributed by atoms with Crippen molar-refractivity contribution in [1.29, 1.82) is 0 Å². The maximum absolute atomic E-state index is 10.9. The molecular weight excluding hydrogens is 200 g/mol. The number of esters is 1. The van der Waals surface area contributed by atoms with Crippen molar-refractivity contribution in [3.63, 3.8) is 0 Å². The molecule has 0 aliphatic rings. The third kappa shape index (κ3) is 7.26. The van der Waals surface area contributed by atoms with Gasteiger partial charge in [0.25, 0.3) is 0 Å². The molecule has 1 unspecified atom stereocenters. The van der Waals surface area contributed by atoms with Crippen LogP contribution in [0.4, 0.5) is 0 Å². The molecule has 0 aliphatic heterocycles. The molecule has 6 nitrogen and oxygen atoms in total. The molecule has 0 heterocycles. The number of nitrogens with one attached hydrogen (secondary N) is 1. The van der Waals surface area contributed by atoms with E-state index in [9.17, 15) is 9.90 Å². The molecule has 90 valence electrons. The van der Waals surface area contributed by atoms with Crippen LogP contribution in [-0.2, 0) is 14.3 Å². The van der Waals surface area contributed by atoms with E-state index < -0.39 is 24.0 Å². The molecule has 6 heteroatoms. The predicted octanol–water partition coefficient (Wildman–Crippen LogP) is -0.833. The lowest BCUT2D eigenvalue weighted by molar-refractivity contribution is -0.182. The number of hydrogen-bond acceptors (Lipinski definition) is 6. The lowest BCUT2D eigenvalue weighted by Crippen LogP contribution is -2.47. The number of nitrogens with two attached hydrogens (primary N) is 1. The van der Waals surface area contributed by atoms with Crippen molar-refractivity contribution in [3.05, 3.63) is 0 Å². The van der Waals surface area contributed by atoms with Crippen molar-refractivity contribution in [3.8, 4) is 0 Å². The summed E-state index contributed by atoms with van der Waals surface area (Å²) in [5, 5.41) is 11.9. The molecule has 4 N–H and O–H groups in total. The molecule has 0 bridgehead atoms. The summed E-state index contributed by atoms with van der Waals surface area (Å²) >= 11 is 0. The molecule has 0 saturated heterocycles. The molecule has 0 aromatic carbocycles. The van der Waals surface area contributed by atoms with Gasteiger partial charge in [0.05, 0.1) is 12.7 Å². The highest BCUT2D eigenvalue weighted by Gasteiger charge is 2.19. The van der Waals surface area contributed by atoms with Gasteiger partial charge in [0, 0.05) is 6.54 Å². The minimum atomic E-state index is -1.15. The van der Waals surface area contributed by atoms with E-state index in [2.05, 4.69) is 10.1 Å². The molecule has 0 fully saturated rings. The van der Waals surface area contributed by atoms with Gasteiger partial charge in [-0.15, -0.1) is 0 Å². The largest absolute Gasteiger partial charge is 0.468 e. The van der Waals surface area contributed by atoms with Gasteiger partial charge in [0.1, 0.15) is 6.04 Å². The van der Waals surface area contributed by atoms with E-state index in [4.69, 9.17) is 10.5 Å². The topological polar surface area (TPSA) is 93.8 Å². The number of ether oxygens (including phenoxy) is 2. The summed E-state index contributed by atoms with van der Waals surface area (Å²) in [6.07, 6.45) is -1.15. The summed E-state index contributed by atoms with van der Waals surface area (Å²) in [6.45, 7) is 5.50. The van der Waals surface area contributed by atoms with Crippen molar-refractivity contribution in [1.82, 2.24) is 5.32 Å². The summed E-state index contributed by atoms with van der Waals surface area (Å²) in [7, 11) is 1.25. The molecule has 0 spiro atoms. The smallest absolute Gasteiger partial charge is 0.323 e. The molecule has 0 aromatic heterocycles. The van der Waals surface area contributed by atoms with Crippen LogP contribution in [-0.4, -0.2) is 42.8 Å². The Morgan fingerprint density at radius 1 is 1.53 bits per heavy atom. The Morgan fingerprint density at radius 3 is 2.47 bits per heavy atom. The first kappa shape index (κ1) is 14.3. The zero-order valence-corrected chi connectivity index (χ0v) is 9.61. The third-order valence-electron chi connectivity index (χ3n) is 1.48. The Labute approximate surface area is 89.7 Å². The first-order chi connectivity index (χ1) is 6.76. The van der Waals surface area contributed by atoms with Gasteiger partial charge in [-0.3, -0.25) is 10.1 Å². The van der Waals surface area contributed by atoms with Crippen LogP contribution in [0.15, 0.2) is 0 Å². The molecule has 0 rings (SSSR count). The SMILES string of the molecule is COC(=O)[C@@H](N)CNC(O)OC(C)(C)C. The monoisotopic (exact) mass is 220 g/mol. The van der Waals surface area contributed by atoms with Crippen molar-refractivity contribution >= 4 is 5.97 Å². The summed E-state index contributed by atoms with van der Waals surface area (Å²) in [5.41, 5.74) is 4.97. The fourth-order valence-corrected chi connectivity index (χ4v) is 0.839. The number of carbonyl (C=O) groups excluding carboxylic acids is 1. The van der Waals surface area contributed by atoms with Crippen LogP contribution < -0.4 is 11.1 Å². The Balaban J connectivity index is 3.81. The van der Waals surface area contributed by atoms with E-state index in [0.29, 0.717) is 0 Å². The number of hydrogen-bond donors (Lipinski definition) is 3. The van der Waals surface area contributed by atoms with Crippen molar-refractivity contribution in [2.75, 3.05) is 13.7 Å². The number of aliphatic hydroxyl groups excluding tert-OH is 1. The second kappa shape index (κ2) is 6.02. The van der Waals surface area contributed by atoms with E-state index >= 15 is 0 Å². The molecule has 0 amide bonds. The summed E-state index contributed by atoms with van der Waals surface area (Å²) in [4.78, 5) is 10.9. The van der Waals surface area contributed by atoms with Crippen LogP contribution in [0.2, 0.25) is 0 Å². The van der Waals surface area contributed by atoms with Gasteiger partial charge in [-0.25, -0.2) is 0 Å². The molecule has 0 radical (unpaired) electrons. The van der Waals surface area contributed by atoms with Crippen molar-refractivity contribution in [2.24, 2.45) is 5.73 Å². The zero-order valence-electron chi connectivity index (χ0n) is 9.61. The maximum atomic E-state index is 10.9. The van der Waals surface area contributed by atoms with Crippen LogP contribution in [0, 0.1) is 0 Å². The van der Waals surface area contributed by atoms with Gasteiger partial charge in [-0.1, -0.05) is 0 Å². The highest BCUT2D eigenvalue weighted by atomic mass is 16.6. The Kier molecular flexibility index (Phi) is 5.74. The number of aliphatic hydroxyl groups is 1. The van der Waals surface area contributed by atoms with E-state index in [1.54, 1.807) is 20.8 Å². The van der Waals surface area contributed by atoms with Crippen molar-refractivity contribution in [2.45, 2.75) is 38.8 Å². The van der Waals surface area contributed by atoms with Crippen LogP contribution in [0.25, 0.3) is 0 Å². The summed E-state index contributed by atoms with van der Waals surface area (Å²) < 4.78 is 9.56. The second-order valence-corrected chi connectivity index (χ2v) is 4.12. The highest BCUT2D eigenvalue weighted by Crippen LogP contribution is 2.07. The third-order valence-corrected chi connectivity index (χ3v) is 1.48. The zero-order chi connectivity index (χ0) is 12.1. The number of methoxy groups -OCH3 is 1. The summed E-state index contributed by atoms with van der Waals surface area (Å²) in [5.74, 6) is -0.537. The van der Waals surface area contributed by atoms with E-state index in [0.717, 1.165) is 0 Å². The first-order valence-corrected chi connectivity index (χ1v) is 4.69. The molecule has 2 atom stereocenters. The standard InChI is InChI=1S/C9H20N2O4/c1-9(2,3)15-8(13)11-5-6(10)7(12)14-4/h6,8,11,13H,5,10H2,1-4H3/t6-,8?/m0/s1. The fraction of sp³-hybridized carbons (Fsp3) is 0.889. The van der Waals surface area contributed by atoms with Crippen molar-refractivity contribution < 1.29 is 19.4 Å². The quantitative estimate of drug-likeness (QED) is 0.413. The maximum Gasteiger partial charge on any atom is 0.323 e. The number of rotatable bonds is 5. The van der Waals surface area contributed by atoms with Crippen LogP contribution in [0.3, 0.4) is 0 Å². The minimum absolute atomic E-state index is 0.0872. The normalized spacial score (nSPS) is 15.9. The minimum Gasteiger partial charge on any atom is -0.468 e. The average molecular weight is 220 g/mol. The molecule has 15 heavy (non-hydrogen) atoms. The lowest BCUT2D eigenvalue weighted by Gasteiger charge is -2.25. The molecular formula is C9H20N2O4. The van der Waals surface area contributed by atoms with Crippen LogP contribution in [0.1, 0.15) is 20.8 Å². The predicted molar refractivity (Wildman–Crippen MR) is 54.8 cm³/mol. The Bertz CT molecular complexity index is 203. The first-order valence-electron chi connectivity index (χ1n) is 4.69. The Morgan fingerprint density at radius 2 is 2.07 bits per heavy atom. The van der Waals surface area contributed by atoms with Gasteiger partial charge < -0.3 is 20.3 Å².